The number of furan rings is 2. The summed E-state index contributed by atoms with van der Waals surface area (Å²) in [7, 11) is 0. The van der Waals surface area contributed by atoms with Crippen LogP contribution in [0, 0.1) is 0 Å². The molecule has 2 aliphatic heterocycles. The van der Waals surface area contributed by atoms with Crippen molar-refractivity contribution in [2.45, 2.75) is 78.6 Å². The highest BCUT2D eigenvalue weighted by Gasteiger charge is 2.45. The number of anilines is 6. The van der Waals surface area contributed by atoms with Gasteiger partial charge in [-0.25, -0.2) is 0 Å². The summed E-state index contributed by atoms with van der Waals surface area (Å²) >= 11 is 0. The van der Waals surface area contributed by atoms with Crippen molar-refractivity contribution in [2.24, 2.45) is 0 Å². The van der Waals surface area contributed by atoms with Crippen LogP contribution in [0.3, 0.4) is 0 Å². The highest BCUT2D eigenvalue weighted by molar-refractivity contribution is 7.00. The van der Waals surface area contributed by atoms with E-state index >= 15 is 0 Å². The molecule has 0 bridgehead atoms. The Morgan fingerprint density at radius 2 is 0.831 bits per heavy atom. The molecule has 0 radical (unpaired) electrons. The quantitative estimate of drug-likeness (QED) is 0.166. The van der Waals surface area contributed by atoms with E-state index in [1.54, 1.807) is 0 Å². The van der Waals surface area contributed by atoms with E-state index in [4.69, 9.17) is 8.83 Å². The first kappa shape index (κ1) is 39.6. The first-order valence-corrected chi connectivity index (χ1v) is 23.1. The molecular weight excluding hydrogens is 791 g/mol. The Hall–Kier alpha value is -6.98. The Morgan fingerprint density at radius 1 is 0.354 bits per heavy atom. The van der Waals surface area contributed by atoms with E-state index in [-0.39, 0.29) is 23.0 Å². The normalized spacial score (nSPS) is 13.8. The summed E-state index contributed by atoms with van der Waals surface area (Å²) in [6.45, 7) is 21.0. The molecule has 0 aliphatic carbocycles. The van der Waals surface area contributed by atoms with Crippen molar-refractivity contribution in [1.29, 1.82) is 0 Å². The molecule has 8 aromatic carbocycles. The van der Waals surface area contributed by atoms with Gasteiger partial charge in [-0.2, -0.15) is 0 Å². The maximum absolute atomic E-state index is 6.58. The molecule has 0 atom stereocenters. The lowest BCUT2D eigenvalue weighted by atomic mass is 9.33. The summed E-state index contributed by atoms with van der Waals surface area (Å²) in [6, 6.07) is 58.7. The summed E-state index contributed by atoms with van der Waals surface area (Å²) in [6.07, 6.45) is 0. The van der Waals surface area contributed by atoms with Crippen LogP contribution in [0.15, 0.2) is 167 Å². The van der Waals surface area contributed by atoms with Crippen LogP contribution >= 0.6 is 0 Å². The molecule has 5 heteroatoms. The lowest BCUT2D eigenvalue weighted by molar-refractivity contribution is 0.590. The molecule has 0 fully saturated rings. The van der Waals surface area contributed by atoms with E-state index in [9.17, 15) is 0 Å². The van der Waals surface area contributed by atoms with Crippen LogP contribution in [0.1, 0.15) is 79.0 Å². The van der Waals surface area contributed by atoms with Crippen molar-refractivity contribution in [3.05, 3.63) is 174 Å². The second-order valence-electron chi connectivity index (χ2n) is 21.5. The second-order valence-corrected chi connectivity index (χ2v) is 21.5. The SMILES string of the molecule is CC(C)(C)c1ccc2c(c1)B1c3cc(C(C)(C)C)ccc3N(c3ccc4c(c3)oc3ccccc34)c3cc(C(C)(C)C)cc(c31)N2c1ccc(-c2ccc3oc4ccccc4c3c2)cc1. The first-order chi connectivity index (χ1) is 31.1. The van der Waals surface area contributed by atoms with Crippen LogP contribution in [0.2, 0.25) is 0 Å². The largest absolute Gasteiger partial charge is 0.456 e. The molecule has 2 aliphatic rings. The monoisotopic (exact) mass is 844 g/mol. The van der Waals surface area contributed by atoms with Crippen molar-refractivity contribution in [3.8, 4) is 11.1 Å². The van der Waals surface area contributed by atoms with Crippen LogP contribution in [-0.2, 0) is 16.2 Å². The van der Waals surface area contributed by atoms with Crippen molar-refractivity contribution in [1.82, 2.24) is 0 Å². The standard InChI is InChI=1S/C60H53BN2O2/c1-58(2,3)38-21-27-49-47(31-38)61-48-32-39(59(4,5)6)22-28-50(48)63(42-25-26-45-43-14-10-12-16-53(43)65-56(45)35-42)52-34-40(60(7,8)9)33-51(57(52)61)62(49)41-23-18-36(19-24-41)37-20-29-55-46(30-37)44-15-11-13-17-54(44)64-55/h10-35H,1-9H3. The number of hydrogen-bond acceptors (Lipinski definition) is 4. The molecule has 2 aromatic heterocycles. The van der Waals surface area contributed by atoms with E-state index in [2.05, 4.69) is 212 Å². The maximum Gasteiger partial charge on any atom is 0.252 e. The Labute approximate surface area is 382 Å². The first-order valence-electron chi connectivity index (χ1n) is 23.1. The molecule has 0 N–H and O–H groups in total. The zero-order chi connectivity index (χ0) is 44.7. The maximum atomic E-state index is 6.58. The minimum Gasteiger partial charge on any atom is -0.456 e. The van der Waals surface area contributed by atoms with Gasteiger partial charge in [0.25, 0.3) is 6.71 Å². The number of fused-ring (bicyclic) bond motifs is 10. The summed E-state index contributed by atoms with van der Waals surface area (Å²) in [5.74, 6) is 0. The van der Waals surface area contributed by atoms with Gasteiger partial charge in [-0.1, -0.05) is 141 Å². The highest BCUT2D eigenvalue weighted by Crippen LogP contribution is 2.48. The third-order valence-corrected chi connectivity index (χ3v) is 14.1. The Kier molecular flexibility index (Phi) is 8.39. The fraction of sp³-hybridized carbons (Fsp3) is 0.200. The van der Waals surface area contributed by atoms with Gasteiger partial charge in [0.05, 0.1) is 0 Å². The average Bonchev–Trinajstić information content (AvgIpc) is 3.85. The van der Waals surface area contributed by atoms with Crippen LogP contribution in [-0.4, -0.2) is 6.71 Å². The fourth-order valence-corrected chi connectivity index (χ4v) is 10.5. The van der Waals surface area contributed by atoms with Gasteiger partial charge >= 0.3 is 0 Å². The van der Waals surface area contributed by atoms with Gasteiger partial charge in [-0.05, 0) is 133 Å². The van der Waals surface area contributed by atoms with Gasteiger partial charge in [0.15, 0.2) is 0 Å². The molecule has 0 saturated heterocycles. The molecule has 0 unspecified atom stereocenters. The molecule has 0 spiro atoms. The zero-order valence-electron chi connectivity index (χ0n) is 38.8. The number of nitrogens with zero attached hydrogens (tertiary/aromatic N) is 2. The van der Waals surface area contributed by atoms with Crippen molar-refractivity contribution in [2.75, 3.05) is 9.80 Å². The van der Waals surface area contributed by atoms with Gasteiger partial charge in [0.2, 0.25) is 0 Å². The zero-order valence-corrected chi connectivity index (χ0v) is 38.8. The van der Waals surface area contributed by atoms with Crippen LogP contribution in [0.4, 0.5) is 34.1 Å². The number of para-hydroxylation sites is 2. The van der Waals surface area contributed by atoms with E-state index in [0.29, 0.717) is 0 Å². The lowest BCUT2D eigenvalue weighted by Gasteiger charge is -2.45. The summed E-state index contributed by atoms with van der Waals surface area (Å²) < 4.78 is 12.8. The molecule has 0 saturated carbocycles. The van der Waals surface area contributed by atoms with Crippen LogP contribution < -0.4 is 26.2 Å². The molecule has 4 nitrogen and oxygen atoms in total. The molecule has 0 amide bonds. The number of hydrogen-bond donors (Lipinski definition) is 0. The van der Waals surface area contributed by atoms with Gasteiger partial charge in [0, 0.05) is 61.7 Å². The topological polar surface area (TPSA) is 32.8 Å². The fourth-order valence-electron chi connectivity index (χ4n) is 10.5. The van der Waals surface area contributed by atoms with Gasteiger partial charge in [-0.3, -0.25) is 0 Å². The van der Waals surface area contributed by atoms with E-state index in [0.717, 1.165) is 55.3 Å². The van der Waals surface area contributed by atoms with Gasteiger partial charge in [-0.15, -0.1) is 0 Å². The van der Waals surface area contributed by atoms with Crippen LogP contribution in [0.25, 0.3) is 55.0 Å². The summed E-state index contributed by atoms with van der Waals surface area (Å²) in [4.78, 5) is 5.07. The lowest BCUT2D eigenvalue weighted by Crippen LogP contribution is -2.61. The summed E-state index contributed by atoms with van der Waals surface area (Å²) in [5, 5.41) is 4.54. The molecule has 10 aromatic rings. The molecule has 4 heterocycles. The van der Waals surface area contributed by atoms with E-state index in [1.807, 2.05) is 18.2 Å². The smallest absolute Gasteiger partial charge is 0.252 e. The minimum absolute atomic E-state index is 0.00170. The average molecular weight is 845 g/mol. The minimum atomic E-state index is -0.131. The Morgan fingerprint density at radius 3 is 1.42 bits per heavy atom. The predicted molar refractivity (Wildman–Crippen MR) is 277 cm³/mol. The van der Waals surface area contributed by atoms with E-state index in [1.165, 1.54) is 67.0 Å². The number of benzene rings is 8. The van der Waals surface area contributed by atoms with Gasteiger partial charge < -0.3 is 18.6 Å². The van der Waals surface area contributed by atoms with Crippen molar-refractivity contribution >= 4 is 101 Å². The second kappa shape index (κ2) is 13.8. The summed E-state index contributed by atoms with van der Waals surface area (Å²) in [5.41, 5.74) is 20.7. The molecule has 65 heavy (non-hydrogen) atoms. The third kappa shape index (κ3) is 6.19. The number of rotatable bonds is 3. The molecule has 12 rings (SSSR count). The molecule has 318 valence electrons. The van der Waals surface area contributed by atoms with E-state index < -0.39 is 0 Å². The van der Waals surface area contributed by atoms with Gasteiger partial charge in [0.1, 0.15) is 22.3 Å². The highest BCUT2D eigenvalue weighted by atomic mass is 16.3. The van der Waals surface area contributed by atoms with Crippen molar-refractivity contribution in [3.63, 3.8) is 0 Å². The molecular formula is C60H53BN2O2. The third-order valence-electron chi connectivity index (χ3n) is 14.1. The Balaban J connectivity index is 1.11. The van der Waals surface area contributed by atoms with Crippen LogP contribution in [0.5, 0.6) is 0 Å². The predicted octanol–water partition coefficient (Wildman–Crippen LogP) is 15.1. The van der Waals surface area contributed by atoms with Crippen molar-refractivity contribution < 1.29 is 8.83 Å². The Bertz CT molecular complexity index is 3570.